The highest BCUT2D eigenvalue weighted by atomic mass is 16.6. The molecule has 2 rings (SSSR count). The Morgan fingerprint density at radius 2 is 1.90 bits per heavy atom. The number of amides is 1. The number of nitrogens with zero attached hydrogens (tertiary/aromatic N) is 3. The molecule has 1 aromatic carbocycles. The molecule has 0 radical (unpaired) electrons. The maximum absolute atomic E-state index is 11.8. The van der Waals surface area contributed by atoms with Crippen molar-refractivity contribution in [3.05, 3.63) is 41.5 Å². The maximum atomic E-state index is 11.8. The van der Waals surface area contributed by atoms with Crippen LogP contribution in [0.5, 0.6) is 0 Å². The summed E-state index contributed by atoms with van der Waals surface area (Å²) in [5.74, 6) is 2.09. The highest BCUT2D eigenvalue weighted by Crippen LogP contribution is 2.13. The predicted octanol–water partition coefficient (Wildman–Crippen LogP) is 3.46. The molecule has 0 saturated carbocycles. The number of rotatable bonds is 9. The van der Waals surface area contributed by atoms with Crippen LogP contribution in [0.15, 0.2) is 33.8 Å². The normalized spacial score (nSPS) is 11.8. The minimum absolute atomic E-state index is 0.456. The fourth-order valence-corrected chi connectivity index (χ4v) is 2.71. The molecule has 0 saturated heterocycles. The number of guanidine groups is 1. The number of carbonyl (C=O) groups is 1. The summed E-state index contributed by atoms with van der Waals surface area (Å²) in [6.45, 7) is 11.6. The standard InChI is InChI=1S/C22H34N6O3/c1-6-23-20(24-14-7-8-19-26-16(2)28-31-19)25-15-13-17-9-11-18(12-10-17)27-21(29)30-22(3,4)5/h9-12H,6-8,13-15H2,1-5H3,(H,27,29)(H2,23,24,25). The quantitative estimate of drug-likeness (QED) is 0.317. The third kappa shape index (κ3) is 9.97. The van der Waals surface area contributed by atoms with E-state index in [0.717, 1.165) is 37.5 Å². The van der Waals surface area contributed by atoms with Crippen molar-refractivity contribution in [2.45, 2.75) is 59.5 Å². The number of aryl methyl sites for hydroxylation is 2. The van der Waals surface area contributed by atoms with Gasteiger partial charge >= 0.3 is 6.09 Å². The Labute approximate surface area is 184 Å². The van der Waals surface area contributed by atoms with E-state index in [1.54, 1.807) is 0 Å². The van der Waals surface area contributed by atoms with Crippen LogP contribution in [0, 0.1) is 6.92 Å². The molecule has 3 N–H and O–H groups in total. The van der Waals surface area contributed by atoms with Crippen LogP contribution in [0.1, 0.15) is 51.4 Å². The molecule has 0 fully saturated rings. The number of ether oxygens (including phenoxy) is 1. The molecule has 0 bridgehead atoms. The molecule has 0 aliphatic heterocycles. The molecular weight excluding hydrogens is 396 g/mol. The first-order valence-electron chi connectivity index (χ1n) is 10.7. The largest absolute Gasteiger partial charge is 0.444 e. The highest BCUT2D eigenvalue weighted by Gasteiger charge is 2.16. The second-order valence-corrected chi connectivity index (χ2v) is 8.10. The molecule has 9 heteroatoms. The van der Waals surface area contributed by atoms with Crippen molar-refractivity contribution in [2.24, 2.45) is 4.99 Å². The molecule has 0 aliphatic rings. The maximum Gasteiger partial charge on any atom is 0.412 e. The van der Waals surface area contributed by atoms with E-state index in [4.69, 9.17) is 9.26 Å². The number of hydrogen-bond acceptors (Lipinski definition) is 6. The van der Waals surface area contributed by atoms with Gasteiger partial charge in [-0.1, -0.05) is 17.3 Å². The number of benzene rings is 1. The van der Waals surface area contributed by atoms with Crippen molar-refractivity contribution in [1.29, 1.82) is 0 Å². The highest BCUT2D eigenvalue weighted by molar-refractivity contribution is 5.84. The van der Waals surface area contributed by atoms with E-state index < -0.39 is 11.7 Å². The van der Waals surface area contributed by atoms with E-state index in [1.807, 2.05) is 58.9 Å². The minimum atomic E-state index is -0.520. The second kappa shape index (κ2) is 11.9. The summed E-state index contributed by atoms with van der Waals surface area (Å²) in [5.41, 5.74) is 1.34. The summed E-state index contributed by atoms with van der Waals surface area (Å²) >= 11 is 0. The zero-order chi connectivity index (χ0) is 22.7. The van der Waals surface area contributed by atoms with Gasteiger partial charge in [0.05, 0.1) is 0 Å². The molecule has 2 aromatic rings. The van der Waals surface area contributed by atoms with Gasteiger partial charge in [0.2, 0.25) is 5.89 Å². The Hall–Kier alpha value is -3.10. The smallest absolute Gasteiger partial charge is 0.412 e. The summed E-state index contributed by atoms with van der Waals surface area (Å²) in [4.78, 5) is 20.6. The predicted molar refractivity (Wildman–Crippen MR) is 121 cm³/mol. The van der Waals surface area contributed by atoms with Gasteiger partial charge in [-0.25, -0.2) is 4.79 Å². The van der Waals surface area contributed by atoms with E-state index in [0.29, 0.717) is 30.4 Å². The first-order chi connectivity index (χ1) is 14.7. The van der Waals surface area contributed by atoms with Crippen LogP contribution >= 0.6 is 0 Å². The number of carbonyl (C=O) groups excluding carboxylic acids is 1. The zero-order valence-corrected chi connectivity index (χ0v) is 19.1. The van der Waals surface area contributed by atoms with Crippen LogP contribution in [0.25, 0.3) is 0 Å². The summed E-state index contributed by atoms with van der Waals surface area (Å²) in [6, 6.07) is 7.73. The lowest BCUT2D eigenvalue weighted by Crippen LogP contribution is -2.38. The molecule has 1 amide bonds. The Morgan fingerprint density at radius 1 is 1.16 bits per heavy atom. The summed E-state index contributed by atoms with van der Waals surface area (Å²) in [6.07, 6.45) is 1.93. The first kappa shape index (κ1) is 24.2. The number of nitrogens with one attached hydrogen (secondary N) is 3. The Morgan fingerprint density at radius 3 is 2.52 bits per heavy atom. The molecule has 0 aliphatic carbocycles. The van der Waals surface area contributed by atoms with E-state index in [-0.39, 0.29) is 0 Å². The van der Waals surface area contributed by atoms with Crippen molar-refractivity contribution >= 4 is 17.7 Å². The minimum Gasteiger partial charge on any atom is -0.444 e. The lowest BCUT2D eigenvalue weighted by atomic mass is 10.1. The average Bonchev–Trinajstić information content (AvgIpc) is 3.10. The van der Waals surface area contributed by atoms with Crippen LogP contribution in [-0.2, 0) is 17.6 Å². The molecule has 1 aromatic heterocycles. The van der Waals surface area contributed by atoms with Gasteiger partial charge in [0, 0.05) is 31.7 Å². The Balaban J connectivity index is 1.73. The van der Waals surface area contributed by atoms with Crippen molar-refractivity contribution in [1.82, 2.24) is 20.8 Å². The van der Waals surface area contributed by atoms with E-state index in [2.05, 4.69) is 31.1 Å². The van der Waals surface area contributed by atoms with Crippen molar-refractivity contribution in [3.8, 4) is 0 Å². The van der Waals surface area contributed by atoms with E-state index in [9.17, 15) is 4.79 Å². The van der Waals surface area contributed by atoms with Gasteiger partial charge in [0.25, 0.3) is 0 Å². The average molecular weight is 431 g/mol. The molecular formula is C22H34N6O3. The van der Waals surface area contributed by atoms with Gasteiger partial charge in [0.1, 0.15) is 5.60 Å². The number of aliphatic imine (C=N–C) groups is 1. The van der Waals surface area contributed by atoms with E-state index in [1.165, 1.54) is 0 Å². The van der Waals surface area contributed by atoms with Gasteiger partial charge in [0.15, 0.2) is 11.8 Å². The lowest BCUT2D eigenvalue weighted by Gasteiger charge is -2.19. The first-order valence-corrected chi connectivity index (χ1v) is 10.7. The number of aromatic nitrogens is 2. The number of hydrogen-bond donors (Lipinski definition) is 3. The van der Waals surface area contributed by atoms with E-state index >= 15 is 0 Å². The fraction of sp³-hybridized carbons (Fsp3) is 0.545. The van der Waals surface area contributed by atoms with Gasteiger partial charge in [-0.2, -0.15) is 4.98 Å². The summed E-state index contributed by atoms with van der Waals surface area (Å²) in [5, 5.41) is 13.1. The van der Waals surface area contributed by atoms with Crippen molar-refractivity contribution in [2.75, 3.05) is 25.0 Å². The third-order valence-electron chi connectivity index (χ3n) is 4.04. The molecule has 9 nitrogen and oxygen atoms in total. The molecule has 1 heterocycles. The topological polar surface area (TPSA) is 114 Å². The van der Waals surface area contributed by atoms with Gasteiger partial charge in [-0.15, -0.1) is 0 Å². The van der Waals surface area contributed by atoms with Gasteiger partial charge in [-0.05, 0) is 65.2 Å². The van der Waals surface area contributed by atoms with Crippen LogP contribution in [0.4, 0.5) is 10.5 Å². The monoisotopic (exact) mass is 430 g/mol. The second-order valence-electron chi connectivity index (χ2n) is 8.10. The molecule has 170 valence electrons. The SMILES string of the molecule is CCNC(=NCCCc1nc(C)no1)NCCc1ccc(NC(=O)OC(C)(C)C)cc1. The Kier molecular flexibility index (Phi) is 9.30. The number of anilines is 1. The Bertz CT molecular complexity index is 840. The van der Waals surface area contributed by atoms with Crippen LogP contribution in [0.2, 0.25) is 0 Å². The van der Waals surface area contributed by atoms with Crippen LogP contribution in [-0.4, -0.2) is 47.4 Å². The summed E-state index contributed by atoms with van der Waals surface area (Å²) < 4.78 is 10.4. The van der Waals surface area contributed by atoms with Crippen molar-refractivity contribution < 1.29 is 14.1 Å². The van der Waals surface area contributed by atoms with Crippen molar-refractivity contribution in [3.63, 3.8) is 0 Å². The molecule has 31 heavy (non-hydrogen) atoms. The zero-order valence-electron chi connectivity index (χ0n) is 19.1. The van der Waals surface area contributed by atoms with Gasteiger partial charge < -0.3 is 19.9 Å². The molecule has 0 atom stereocenters. The third-order valence-corrected chi connectivity index (χ3v) is 4.04. The molecule has 0 unspecified atom stereocenters. The van der Waals surface area contributed by atoms with Gasteiger partial charge in [-0.3, -0.25) is 10.3 Å². The van der Waals surface area contributed by atoms with Crippen LogP contribution in [0.3, 0.4) is 0 Å². The fourth-order valence-electron chi connectivity index (χ4n) is 2.71. The lowest BCUT2D eigenvalue weighted by molar-refractivity contribution is 0.0636. The summed E-state index contributed by atoms with van der Waals surface area (Å²) in [7, 11) is 0. The molecule has 0 spiro atoms. The van der Waals surface area contributed by atoms with Crippen LogP contribution < -0.4 is 16.0 Å².